The van der Waals surface area contributed by atoms with Crippen molar-refractivity contribution in [3.05, 3.63) is 41.0 Å². The molecular weight excluding hydrogens is 274 g/mol. The first-order valence-corrected chi connectivity index (χ1v) is 5.87. The van der Waals surface area contributed by atoms with E-state index in [0.717, 1.165) is 14.4 Å². The van der Waals surface area contributed by atoms with Crippen molar-refractivity contribution in [1.29, 1.82) is 0 Å². The quantitative estimate of drug-likeness (QED) is 0.860. The Morgan fingerprint density at radius 2 is 1.87 bits per heavy atom. The van der Waals surface area contributed by atoms with Crippen LogP contribution in [0.5, 0.6) is 0 Å². The van der Waals surface area contributed by atoms with Gasteiger partial charge in [0, 0.05) is 15.6 Å². The van der Waals surface area contributed by atoms with Gasteiger partial charge in [-0.2, -0.15) is 0 Å². The maximum atomic E-state index is 5.49. The Kier molecular flexibility index (Phi) is 3.23. The van der Waals surface area contributed by atoms with Gasteiger partial charge in [-0.3, -0.25) is 0 Å². The SMILES string of the molecule is Nc1nccc(Sc2ccc(Br)cc2)n1. The summed E-state index contributed by atoms with van der Waals surface area (Å²) in [5.41, 5.74) is 5.49. The van der Waals surface area contributed by atoms with Gasteiger partial charge in [0.05, 0.1) is 0 Å². The number of rotatable bonds is 2. The minimum absolute atomic E-state index is 0.303. The van der Waals surface area contributed by atoms with Crippen LogP contribution in [0.1, 0.15) is 0 Å². The second-order valence-corrected chi connectivity index (χ2v) is 4.82. The van der Waals surface area contributed by atoms with Gasteiger partial charge in [-0.15, -0.1) is 0 Å². The fraction of sp³-hybridized carbons (Fsp3) is 0. The lowest BCUT2D eigenvalue weighted by Gasteiger charge is -2.00. The zero-order valence-electron chi connectivity index (χ0n) is 7.72. The molecule has 0 unspecified atom stereocenters. The largest absolute Gasteiger partial charge is 0.368 e. The third kappa shape index (κ3) is 2.94. The standard InChI is InChI=1S/C10H8BrN3S/c11-7-1-3-8(4-2-7)15-9-5-6-13-10(12)14-9/h1-6H,(H2,12,13,14). The van der Waals surface area contributed by atoms with E-state index in [2.05, 4.69) is 25.9 Å². The monoisotopic (exact) mass is 281 g/mol. The first kappa shape index (κ1) is 10.4. The summed E-state index contributed by atoms with van der Waals surface area (Å²) in [4.78, 5) is 9.07. The molecule has 3 nitrogen and oxygen atoms in total. The Morgan fingerprint density at radius 1 is 1.13 bits per heavy atom. The number of aromatic nitrogens is 2. The number of anilines is 1. The van der Waals surface area contributed by atoms with Crippen LogP contribution in [0, 0.1) is 0 Å². The smallest absolute Gasteiger partial charge is 0.221 e. The highest BCUT2D eigenvalue weighted by atomic mass is 79.9. The number of nitrogen functional groups attached to an aromatic ring is 1. The van der Waals surface area contributed by atoms with Gasteiger partial charge in [0.2, 0.25) is 5.95 Å². The molecule has 76 valence electrons. The van der Waals surface area contributed by atoms with E-state index in [1.807, 2.05) is 30.3 Å². The van der Waals surface area contributed by atoms with Crippen LogP contribution in [0.2, 0.25) is 0 Å². The van der Waals surface area contributed by atoms with Crippen molar-refractivity contribution < 1.29 is 0 Å². The van der Waals surface area contributed by atoms with E-state index in [1.165, 1.54) is 0 Å². The van der Waals surface area contributed by atoms with Gasteiger partial charge in [0.1, 0.15) is 5.03 Å². The lowest BCUT2D eigenvalue weighted by atomic mass is 10.4. The Hall–Kier alpha value is -1.07. The van der Waals surface area contributed by atoms with Gasteiger partial charge < -0.3 is 5.73 Å². The molecule has 0 fully saturated rings. The fourth-order valence-electron chi connectivity index (χ4n) is 1.04. The molecule has 0 saturated heterocycles. The van der Waals surface area contributed by atoms with E-state index >= 15 is 0 Å². The Bertz CT molecular complexity index is 458. The normalized spacial score (nSPS) is 10.2. The minimum Gasteiger partial charge on any atom is -0.368 e. The number of hydrogen-bond donors (Lipinski definition) is 1. The van der Waals surface area contributed by atoms with Crippen LogP contribution in [0.25, 0.3) is 0 Å². The highest BCUT2D eigenvalue weighted by Gasteiger charge is 1.99. The molecule has 1 aromatic heterocycles. The molecule has 5 heteroatoms. The lowest BCUT2D eigenvalue weighted by molar-refractivity contribution is 1.06. The van der Waals surface area contributed by atoms with Crippen LogP contribution >= 0.6 is 27.7 Å². The Balaban J connectivity index is 2.18. The van der Waals surface area contributed by atoms with Crippen molar-refractivity contribution in [3.8, 4) is 0 Å². The summed E-state index contributed by atoms with van der Waals surface area (Å²) in [7, 11) is 0. The minimum atomic E-state index is 0.303. The molecule has 0 radical (unpaired) electrons. The van der Waals surface area contributed by atoms with Crippen molar-refractivity contribution in [2.24, 2.45) is 0 Å². The summed E-state index contributed by atoms with van der Waals surface area (Å²) in [6.45, 7) is 0. The molecule has 1 heterocycles. The maximum absolute atomic E-state index is 5.49. The van der Waals surface area contributed by atoms with Crippen molar-refractivity contribution in [2.75, 3.05) is 5.73 Å². The fourth-order valence-corrected chi connectivity index (χ4v) is 2.08. The van der Waals surface area contributed by atoms with Crippen LogP contribution < -0.4 is 5.73 Å². The summed E-state index contributed by atoms with van der Waals surface area (Å²) in [5.74, 6) is 0.303. The molecular formula is C10H8BrN3S. The van der Waals surface area contributed by atoms with Crippen LogP contribution in [0.4, 0.5) is 5.95 Å². The lowest BCUT2D eigenvalue weighted by Crippen LogP contribution is -1.93. The molecule has 0 atom stereocenters. The molecule has 0 amide bonds. The zero-order valence-corrected chi connectivity index (χ0v) is 10.1. The van der Waals surface area contributed by atoms with Crippen molar-refractivity contribution in [3.63, 3.8) is 0 Å². The highest BCUT2D eigenvalue weighted by Crippen LogP contribution is 2.26. The van der Waals surface area contributed by atoms with Crippen LogP contribution in [0.15, 0.2) is 50.9 Å². The molecule has 0 saturated carbocycles. The number of nitrogens with zero attached hydrogens (tertiary/aromatic N) is 2. The second-order valence-electron chi connectivity index (χ2n) is 2.81. The average Bonchev–Trinajstić information content (AvgIpc) is 2.22. The van der Waals surface area contributed by atoms with Gasteiger partial charge >= 0.3 is 0 Å². The summed E-state index contributed by atoms with van der Waals surface area (Å²) >= 11 is 4.95. The second kappa shape index (κ2) is 4.63. The Morgan fingerprint density at radius 3 is 2.53 bits per heavy atom. The number of halogens is 1. The molecule has 1 aromatic carbocycles. The van der Waals surface area contributed by atoms with Gasteiger partial charge in [-0.05, 0) is 30.3 Å². The van der Waals surface area contributed by atoms with E-state index in [9.17, 15) is 0 Å². The van der Waals surface area contributed by atoms with Gasteiger partial charge in [-0.25, -0.2) is 9.97 Å². The van der Waals surface area contributed by atoms with Gasteiger partial charge in [0.25, 0.3) is 0 Å². The highest BCUT2D eigenvalue weighted by molar-refractivity contribution is 9.10. The topological polar surface area (TPSA) is 51.8 Å². The summed E-state index contributed by atoms with van der Waals surface area (Å²) in [6, 6.07) is 9.86. The van der Waals surface area contributed by atoms with Crippen molar-refractivity contribution in [2.45, 2.75) is 9.92 Å². The third-order valence-electron chi connectivity index (χ3n) is 1.68. The van der Waals surface area contributed by atoms with E-state index in [-0.39, 0.29) is 0 Å². The number of benzene rings is 1. The molecule has 2 N–H and O–H groups in total. The first-order valence-electron chi connectivity index (χ1n) is 4.26. The predicted octanol–water partition coefficient (Wildman–Crippen LogP) is 2.97. The predicted molar refractivity (Wildman–Crippen MR) is 64.7 cm³/mol. The molecule has 2 aromatic rings. The number of hydrogen-bond acceptors (Lipinski definition) is 4. The summed E-state index contributed by atoms with van der Waals surface area (Å²) < 4.78 is 1.06. The van der Waals surface area contributed by atoms with Gasteiger partial charge in [-0.1, -0.05) is 27.7 Å². The van der Waals surface area contributed by atoms with Crippen molar-refractivity contribution >= 4 is 33.6 Å². The Labute approximate surface area is 100 Å². The van der Waals surface area contributed by atoms with Gasteiger partial charge in [0.15, 0.2) is 0 Å². The van der Waals surface area contributed by atoms with Crippen molar-refractivity contribution in [1.82, 2.24) is 9.97 Å². The first-order chi connectivity index (χ1) is 7.24. The zero-order chi connectivity index (χ0) is 10.7. The molecule has 15 heavy (non-hydrogen) atoms. The molecule has 0 bridgehead atoms. The average molecular weight is 282 g/mol. The summed E-state index contributed by atoms with van der Waals surface area (Å²) in [6.07, 6.45) is 1.66. The van der Waals surface area contributed by atoms with E-state index in [1.54, 1.807) is 18.0 Å². The third-order valence-corrected chi connectivity index (χ3v) is 3.16. The molecule has 0 aliphatic rings. The molecule has 0 aliphatic carbocycles. The molecule has 2 rings (SSSR count). The molecule has 0 spiro atoms. The van der Waals surface area contributed by atoms with E-state index < -0.39 is 0 Å². The van der Waals surface area contributed by atoms with Crippen LogP contribution in [-0.4, -0.2) is 9.97 Å². The van der Waals surface area contributed by atoms with E-state index in [0.29, 0.717) is 5.95 Å². The van der Waals surface area contributed by atoms with E-state index in [4.69, 9.17) is 5.73 Å². The van der Waals surface area contributed by atoms with Crippen LogP contribution in [0.3, 0.4) is 0 Å². The molecule has 0 aliphatic heterocycles. The summed E-state index contributed by atoms with van der Waals surface area (Å²) in [5, 5.41) is 0.852. The van der Waals surface area contributed by atoms with Crippen LogP contribution in [-0.2, 0) is 0 Å². The maximum Gasteiger partial charge on any atom is 0.221 e. The number of nitrogens with two attached hydrogens (primary N) is 1.